The van der Waals surface area contributed by atoms with Gasteiger partial charge < -0.3 is 21.1 Å². The Bertz CT molecular complexity index is 429. The lowest BCUT2D eigenvalue weighted by molar-refractivity contribution is -0.137. The van der Waals surface area contributed by atoms with Gasteiger partial charge in [-0.2, -0.15) is 0 Å². The van der Waals surface area contributed by atoms with E-state index >= 15 is 0 Å². The van der Waals surface area contributed by atoms with Gasteiger partial charge in [0.1, 0.15) is 11.5 Å². The van der Waals surface area contributed by atoms with E-state index in [1.807, 2.05) is 0 Å². The van der Waals surface area contributed by atoms with Crippen LogP contribution in [0.3, 0.4) is 0 Å². The van der Waals surface area contributed by atoms with Crippen LogP contribution in [0.4, 0.5) is 0 Å². The molecule has 6 heteroatoms. The number of hydrogen-bond acceptors (Lipinski definition) is 5. The number of carbonyl (C=O) groups is 2. The number of Topliss-reactive ketones (excluding diaryl/α,β-unsaturated/α-hetero) is 1. The van der Waals surface area contributed by atoms with E-state index in [-0.39, 0.29) is 11.3 Å². The Morgan fingerprint density at radius 2 is 2.06 bits per heavy atom. The number of aromatic hydroxyl groups is 2. The van der Waals surface area contributed by atoms with Crippen molar-refractivity contribution < 1.29 is 24.9 Å². The van der Waals surface area contributed by atoms with Gasteiger partial charge in [-0.3, -0.25) is 9.59 Å². The number of ketones is 1. The number of rotatable bonds is 4. The van der Waals surface area contributed by atoms with Gasteiger partial charge >= 0.3 is 5.97 Å². The summed E-state index contributed by atoms with van der Waals surface area (Å²) in [5.74, 6) is -2.69. The lowest BCUT2D eigenvalue weighted by Gasteiger charge is -2.09. The fourth-order valence-corrected chi connectivity index (χ4v) is 1.15. The zero-order valence-electron chi connectivity index (χ0n) is 8.17. The smallest absolute Gasteiger partial charge is 0.305 e. The van der Waals surface area contributed by atoms with E-state index in [1.165, 1.54) is 0 Å². The highest BCUT2D eigenvalue weighted by Crippen LogP contribution is 2.22. The molecule has 0 saturated heterocycles. The summed E-state index contributed by atoms with van der Waals surface area (Å²) in [4.78, 5) is 21.9. The van der Waals surface area contributed by atoms with Gasteiger partial charge in [0.15, 0.2) is 5.78 Å². The molecular formula is C10H10NO5. The Morgan fingerprint density at radius 3 is 2.62 bits per heavy atom. The first-order valence-electron chi connectivity index (χ1n) is 4.37. The highest BCUT2D eigenvalue weighted by molar-refractivity contribution is 6.03. The van der Waals surface area contributed by atoms with Gasteiger partial charge in [-0.25, -0.2) is 0 Å². The van der Waals surface area contributed by atoms with Crippen LogP contribution in [-0.4, -0.2) is 33.1 Å². The highest BCUT2D eigenvalue weighted by Gasteiger charge is 2.21. The fraction of sp³-hybridized carbons (Fsp3) is 0.200. The summed E-state index contributed by atoms with van der Waals surface area (Å²) in [6.45, 7) is 0. The minimum Gasteiger partial charge on any atom is -0.507 e. The summed E-state index contributed by atoms with van der Waals surface area (Å²) in [7, 11) is 0. The topological polar surface area (TPSA) is 121 Å². The third-order valence-corrected chi connectivity index (χ3v) is 1.91. The molecule has 0 bridgehead atoms. The van der Waals surface area contributed by atoms with Crippen LogP contribution in [0.1, 0.15) is 16.8 Å². The van der Waals surface area contributed by atoms with Crippen molar-refractivity contribution in [1.82, 2.24) is 0 Å². The fourth-order valence-electron chi connectivity index (χ4n) is 1.15. The lowest BCUT2D eigenvalue weighted by Crippen LogP contribution is -2.32. The molecule has 0 spiro atoms. The molecule has 0 aliphatic heterocycles. The van der Waals surface area contributed by atoms with Crippen molar-refractivity contribution in [2.45, 2.75) is 12.5 Å². The van der Waals surface area contributed by atoms with E-state index in [4.69, 9.17) is 15.9 Å². The summed E-state index contributed by atoms with van der Waals surface area (Å²) < 4.78 is 0. The third-order valence-electron chi connectivity index (χ3n) is 1.91. The number of hydrogen-bond donors (Lipinski definition) is 4. The van der Waals surface area contributed by atoms with Crippen molar-refractivity contribution in [2.75, 3.05) is 0 Å². The molecule has 0 amide bonds. The van der Waals surface area contributed by atoms with E-state index in [2.05, 4.69) is 6.07 Å². The molecule has 0 aromatic heterocycles. The van der Waals surface area contributed by atoms with Crippen LogP contribution in [-0.2, 0) is 4.79 Å². The van der Waals surface area contributed by atoms with Gasteiger partial charge in [0.2, 0.25) is 0 Å². The second-order valence-corrected chi connectivity index (χ2v) is 3.19. The number of carboxylic acid groups (broad SMARTS) is 1. The quantitative estimate of drug-likeness (QED) is 0.418. The van der Waals surface area contributed by atoms with E-state index in [0.717, 1.165) is 12.1 Å². The zero-order chi connectivity index (χ0) is 12.3. The molecule has 0 aliphatic rings. The minimum absolute atomic E-state index is 0.218. The average molecular weight is 224 g/mol. The van der Waals surface area contributed by atoms with E-state index in [0.29, 0.717) is 0 Å². The van der Waals surface area contributed by atoms with Gasteiger partial charge in [0.25, 0.3) is 0 Å². The van der Waals surface area contributed by atoms with Gasteiger partial charge in [0.05, 0.1) is 18.0 Å². The average Bonchev–Trinajstić information content (AvgIpc) is 2.19. The molecule has 1 aromatic carbocycles. The molecule has 0 aliphatic carbocycles. The molecule has 1 atom stereocenters. The van der Waals surface area contributed by atoms with Crippen LogP contribution >= 0.6 is 0 Å². The number of nitrogens with two attached hydrogens (primary N) is 1. The number of aliphatic carboxylic acids is 1. The number of phenols is 2. The summed E-state index contributed by atoms with van der Waals surface area (Å²) in [5.41, 5.74) is 5.12. The van der Waals surface area contributed by atoms with Crippen molar-refractivity contribution in [3.63, 3.8) is 0 Å². The predicted molar refractivity (Wildman–Crippen MR) is 53.2 cm³/mol. The van der Waals surface area contributed by atoms with Crippen LogP contribution in [0.15, 0.2) is 12.1 Å². The number of benzene rings is 1. The Hall–Kier alpha value is -2.08. The molecule has 1 rings (SSSR count). The first-order valence-corrected chi connectivity index (χ1v) is 4.37. The number of carboxylic acids is 1. The molecule has 0 fully saturated rings. The molecule has 1 aromatic rings. The molecule has 0 saturated carbocycles. The Kier molecular flexibility index (Phi) is 3.47. The maximum atomic E-state index is 11.6. The Labute approximate surface area is 90.9 Å². The number of carbonyl (C=O) groups excluding carboxylic acids is 1. The van der Waals surface area contributed by atoms with Gasteiger partial charge in [-0.1, -0.05) is 0 Å². The van der Waals surface area contributed by atoms with Crippen LogP contribution in [0.5, 0.6) is 11.5 Å². The molecule has 6 nitrogen and oxygen atoms in total. The Balaban J connectivity index is 2.95. The van der Waals surface area contributed by atoms with Crippen molar-refractivity contribution in [2.24, 2.45) is 5.73 Å². The summed E-state index contributed by atoms with van der Waals surface area (Å²) in [6, 6.07) is 3.01. The van der Waals surface area contributed by atoms with Crippen molar-refractivity contribution in [1.29, 1.82) is 0 Å². The van der Waals surface area contributed by atoms with Gasteiger partial charge in [-0.05, 0) is 12.1 Å². The van der Waals surface area contributed by atoms with E-state index in [1.54, 1.807) is 0 Å². The van der Waals surface area contributed by atoms with Crippen LogP contribution in [0.2, 0.25) is 0 Å². The largest absolute Gasteiger partial charge is 0.507 e. The normalized spacial score (nSPS) is 12.1. The summed E-state index contributed by atoms with van der Waals surface area (Å²) >= 11 is 0. The summed E-state index contributed by atoms with van der Waals surface area (Å²) in [6.07, 6.45) is -0.544. The lowest BCUT2D eigenvalue weighted by atomic mass is 10.0. The molecule has 0 unspecified atom stereocenters. The minimum atomic E-state index is -1.26. The summed E-state index contributed by atoms with van der Waals surface area (Å²) in [5, 5.41) is 26.8. The van der Waals surface area contributed by atoms with Crippen molar-refractivity contribution in [3.8, 4) is 11.5 Å². The van der Waals surface area contributed by atoms with Crippen LogP contribution in [0, 0.1) is 6.07 Å². The van der Waals surface area contributed by atoms with E-state index in [9.17, 15) is 14.7 Å². The van der Waals surface area contributed by atoms with Crippen LogP contribution < -0.4 is 5.73 Å². The molecule has 0 heterocycles. The SMILES string of the molecule is N[C@H](CC(=O)O)C(=O)c1cc(O)[c]cc1O. The van der Waals surface area contributed by atoms with Crippen molar-refractivity contribution >= 4 is 11.8 Å². The second-order valence-electron chi connectivity index (χ2n) is 3.19. The van der Waals surface area contributed by atoms with Crippen LogP contribution in [0.25, 0.3) is 0 Å². The first-order chi connectivity index (χ1) is 7.41. The zero-order valence-corrected chi connectivity index (χ0v) is 8.17. The molecule has 16 heavy (non-hydrogen) atoms. The number of phenolic OH excluding ortho intramolecular Hbond substituents is 2. The maximum Gasteiger partial charge on any atom is 0.305 e. The molecule has 1 radical (unpaired) electrons. The van der Waals surface area contributed by atoms with Gasteiger partial charge in [-0.15, -0.1) is 0 Å². The Morgan fingerprint density at radius 1 is 1.44 bits per heavy atom. The second kappa shape index (κ2) is 4.63. The highest BCUT2D eigenvalue weighted by atomic mass is 16.4. The standard InChI is InChI=1S/C10H10NO5/c11-7(4-9(14)15)10(16)6-3-5(12)1-2-8(6)13/h2-3,7,12-13H,4,11H2,(H,14,15)/t7-/m1/s1. The monoisotopic (exact) mass is 224 g/mol. The van der Waals surface area contributed by atoms with Gasteiger partial charge in [0, 0.05) is 6.07 Å². The molecule has 5 N–H and O–H groups in total. The predicted octanol–water partition coefficient (Wildman–Crippen LogP) is -0.117. The first kappa shape index (κ1) is 12.0. The molecular weight excluding hydrogens is 214 g/mol. The molecule has 85 valence electrons. The van der Waals surface area contributed by atoms with E-state index < -0.39 is 30.0 Å². The van der Waals surface area contributed by atoms with Crippen molar-refractivity contribution in [3.05, 3.63) is 23.8 Å². The maximum absolute atomic E-state index is 11.6. The third kappa shape index (κ3) is 2.71.